The quantitative estimate of drug-likeness (QED) is 0.590. The smallest absolute Gasteiger partial charge is 0.295 e. The molecule has 9 nitrogen and oxygen atoms in total. The third-order valence-electron chi connectivity index (χ3n) is 5.40. The highest BCUT2D eigenvalue weighted by molar-refractivity contribution is 7.89. The van der Waals surface area contributed by atoms with Gasteiger partial charge in [0.25, 0.3) is 5.91 Å². The van der Waals surface area contributed by atoms with Crippen LogP contribution in [0, 0.1) is 12.7 Å². The van der Waals surface area contributed by atoms with E-state index in [1.165, 1.54) is 52.5 Å². The number of hydrogen-bond donors (Lipinski definition) is 1. The molecule has 1 amide bonds. The SMILES string of the molecule is COc1ccc(NC(=O)c2nc(C)n(-c3ccc(F)cc3)n2)cc1S(=O)(=O)N1CCCCC1. The van der Waals surface area contributed by atoms with Crippen molar-refractivity contribution in [2.45, 2.75) is 31.1 Å². The highest BCUT2D eigenvalue weighted by atomic mass is 32.2. The van der Waals surface area contributed by atoms with Gasteiger partial charge in [0.15, 0.2) is 0 Å². The average molecular weight is 474 g/mol. The Labute approximate surface area is 191 Å². The van der Waals surface area contributed by atoms with E-state index in [9.17, 15) is 17.6 Å². The van der Waals surface area contributed by atoms with Crippen LogP contribution in [0.4, 0.5) is 10.1 Å². The van der Waals surface area contributed by atoms with Gasteiger partial charge in [-0.3, -0.25) is 4.79 Å². The molecule has 1 saturated heterocycles. The van der Waals surface area contributed by atoms with E-state index in [-0.39, 0.29) is 28.0 Å². The van der Waals surface area contributed by atoms with Gasteiger partial charge in [0, 0.05) is 18.8 Å². The lowest BCUT2D eigenvalue weighted by molar-refractivity contribution is 0.101. The molecule has 1 aliphatic rings. The van der Waals surface area contributed by atoms with E-state index in [0.717, 1.165) is 19.3 Å². The molecule has 1 N–H and O–H groups in total. The van der Waals surface area contributed by atoms with Crippen molar-refractivity contribution in [3.8, 4) is 11.4 Å². The van der Waals surface area contributed by atoms with E-state index in [4.69, 9.17) is 4.74 Å². The third-order valence-corrected chi connectivity index (χ3v) is 7.32. The third kappa shape index (κ3) is 4.74. The largest absolute Gasteiger partial charge is 0.495 e. The van der Waals surface area contributed by atoms with Crippen LogP contribution < -0.4 is 10.1 Å². The Kier molecular flexibility index (Phi) is 6.43. The molecule has 11 heteroatoms. The number of sulfonamides is 1. The zero-order valence-corrected chi connectivity index (χ0v) is 19.1. The highest BCUT2D eigenvalue weighted by Crippen LogP contribution is 2.31. The molecule has 1 aromatic heterocycles. The summed E-state index contributed by atoms with van der Waals surface area (Å²) >= 11 is 0. The molecule has 3 aromatic rings. The summed E-state index contributed by atoms with van der Waals surface area (Å²) in [6.07, 6.45) is 2.61. The fourth-order valence-electron chi connectivity index (χ4n) is 3.70. The zero-order valence-electron chi connectivity index (χ0n) is 18.3. The second-order valence-electron chi connectivity index (χ2n) is 7.66. The maximum absolute atomic E-state index is 13.2. The number of anilines is 1. The average Bonchev–Trinajstić information content (AvgIpc) is 3.22. The summed E-state index contributed by atoms with van der Waals surface area (Å²) in [5, 5.41) is 6.85. The first-order valence-corrected chi connectivity index (χ1v) is 11.9. The van der Waals surface area contributed by atoms with Gasteiger partial charge in [0.05, 0.1) is 12.8 Å². The molecule has 2 heterocycles. The number of amides is 1. The molecule has 0 atom stereocenters. The monoisotopic (exact) mass is 473 g/mol. The molecule has 33 heavy (non-hydrogen) atoms. The van der Waals surface area contributed by atoms with Crippen molar-refractivity contribution >= 4 is 21.6 Å². The minimum Gasteiger partial charge on any atom is -0.495 e. The van der Waals surface area contributed by atoms with Gasteiger partial charge in [-0.15, -0.1) is 5.10 Å². The Morgan fingerprint density at radius 3 is 2.45 bits per heavy atom. The summed E-state index contributed by atoms with van der Waals surface area (Å²) in [5.74, 6) is -0.453. The molecule has 2 aromatic carbocycles. The number of carbonyl (C=O) groups is 1. The Hall–Kier alpha value is -3.31. The molecule has 1 fully saturated rings. The molecule has 0 unspecified atom stereocenters. The van der Waals surface area contributed by atoms with Crippen LogP contribution in [0.25, 0.3) is 5.69 Å². The fourth-order valence-corrected chi connectivity index (χ4v) is 5.40. The van der Waals surface area contributed by atoms with Crippen LogP contribution >= 0.6 is 0 Å². The van der Waals surface area contributed by atoms with Crippen LogP contribution in [0.1, 0.15) is 35.7 Å². The number of aromatic nitrogens is 3. The van der Waals surface area contributed by atoms with Gasteiger partial charge in [0.2, 0.25) is 15.8 Å². The lowest BCUT2D eigenvalue weighted by Gasteiger charge is -2.26. The highest BCUT2D eigenvalue weighted by Gasteiger charge is 2.29. The summed E-state index contributed by atoms with van der Waals surface area (Å²) in [4.78, 5) is 17.0. The molecule has 0 bridgehead atoms. The topological polar surface area (TPSA) is 106 Å². The predicted molar refractivity (Wildman–Crippen MR) is 120 cm³/mol. The van der Waals surface area contributed by atoms with Crippen molar-refractivity contribution in [2.24, 2.45) is 0 Å². The Bertz CT molecular complexity index is 1270. The molecule has 4 rings (SSSR count). The number of piperidine rings is 1. The van der Waals surface area contributed by atoms with E-state index in [0.29, 0.717) is 24.6 Å². The van der Waals surface area contributed by atoms with Crippen molar-refractivity contribution in [3.63, 3.8) is 0 Å². The Morgan fingerprint density at radius 1 is 1.09 bits per heavy atom. The van der Waals surface area contributed by atoms with Crippen LogP contribution in [-0.4, -0.2) is 53.6 Å². The minimum atomic E-state index is -3.78. The molecule has 0 saturated carbocycles. The van der Waals surface area contributed by atoms with Crippen LogP contribution in [0.15, 0.2) is 47.4 Å². The fraction of sp³-hybridized carbons (Fsp3) is 0.318. The van der Waals surface area contributed by atoms with Gasteiger partial charge in [-0.2, -0.15) is 4.31 Å². The summed E-state index contributed by atoms with van der Waals surface area (Å²) in [5.41, 5.74) is 0.826. The predicted octanol–water partition coefficient (Wildman–Crippen LogP) is 3.15. The number of rotatable bonds is 6. The van der Waals surface area contributed by atoms with Crippen LogP contribution in [0.2, 0.25) is 0 Å². The second kappa shape index (κ2) is 9.28. The molecule has 0 radical (unpaired) electrons. The number of halogens is 1. The number of carbonyl (C=O) groups excluding carboxylic acids is 1. The van der Waals surface area contributed by atoms with Crippen molar-refractivity contribution in [1.29, 1.82) is 0 Å². The first-order chi connectivity index (χ1) is 15.8. The Balaban J connectivity index is 1.59. The van der Waals surface area contributed by atoms with Gasteiger partial charge in [-0.1, -0.05) is 6.42 Å². The van der Waals surface area contributed by atoms with Crippen molar-refractivity contribution < 1.29 is 22.3 Å². The lowest BCUT2D eigenvalue weighted by Crippen LogP contribution is -2.35. The maximum Gasteiger partial charge on any atom is 0.295 e. The summed E-state index contributed by atoms with van der Waals surface area (Å²) in [6.45, 7) is 2.57. The summed E-state index contributed by atoms with van der Waals surface area (Å²) in [7, 11) is -2.38. The number of hydrogen-bond acceptors (Lipinski definition) is 6. The van der Waals surface area contributed by atoms with Gasteiger partial charge in [0.1, 0.15) is 22.3 Å². The first-order valence-electron chi connectivity index (χ1n) is 10.5. The maximum atomic E-state index is 13.2. The molecule has 0 spiro atoms. The molecule has 1 aliphatic heterocycles. The van der Waals surface area contributed by atoms with Crippen molar-refractivity contribution in [3.05, 3.63) is 59.9 Å². The first kappa shape index (κ1) is 22.9. The lowest BCUT2D eigenvalue weighted by atomic mass is 10.2. The number of methoxy groups -OCH3 is 1. The van der Waals surface area contributed by atoms with Gasteiger partial charge >= 0.3 is 0 Å². The molecule has 174 valence electrons. The molecular weight excluding hydrogens is 449 g/mol. The Morgan fingerprint density at radius 2 is 1.79 bits per heavy atom. The van der Waals surface area contributed by atoms with E-state index >= 15 is 0 Å². The zero-order chi connectivity index (χ0) is 23.6. The summed E-state index contributed by atoms with van der Waals surface area (Å²) < 4.78 is 47.7. The van der Waals surface area contributed by atoms with Gasteiger partial charge < -0.3 is 10.1 Å². The molecule has 0 aliphatic carbocycles. The van der Waals surface area contributed by atoms with Crippen LogP contribution in [0.3, 0.4) is 0 Å². The normalized spacial score (nSPS) is 14.8. The summed E-state index contributed by atoms with van der Waals surface area (Å²) in [6, 6.07) is 10.1. The van der Waals surface area contributed by atoms with Crippen LogP contribution in [0.5, 0.6) is 5.75 Å². The van der Waals surface area contributed by atoms with E-state index in [1.807, 2.05) is 0 Å². The standard InChI is InChI=1S/C22H24FN5O4S/c1-15-24-21(26-28(15)18-9-6-16(23)7-10-18)22(29)25-17-8-11-19(32-2)20(14-17)33(30,31)27-12-4-3-5-13-27/h6-11,14H,3-5,12-13H2,1-2H3,(H,25,29). The number of nitrogens with zero attached hydrogens (tertiary/aromatic N) is 4. The molecular formula is C22H24FN5O4S. The second-order valence-corrected chi connectivity index (χ2v) is 9.56. The number of benzene rings is 2. The van der Waals surface area contributed by atoms with Crippen molar-refractivity contribution in [2.75, 3.05) is 25.5 Å². The van der Waals surface area contributed by atoms with Crippen molar-refractivity contribution in [1.82, 2.24) is 19.1 Å². The number of ether oxygens (including phenoxy) is 1. The van der Waals surface area contributed by atoms with Crippen LogP contribution in [-0.2, 0) is 10.0 Å². The van der Waals surface area contributed by atoms with E-state index < -0.39 is 15.9 Å². The van der Waals surface area contributed by atoms with E-state index in [2.05, 4.69) is 15.4 Å². The van der Waals surface area contributed by atoms with E-state index in [1.54, 1.807) is 13.0 Å². The van der Waals surface area contributed by atoms with Gasteiger partial charge in [-0.05, 0) is 62.2 Å². The minimum absolute atomic E-state index is 0.00863. The number of nitrogens with one attached hydrogen (secondary N) is 1. The van der Waals surface area contributed by atoms with Gasteiger partial charge in [-0.25, -0.2) is 22.5 Å². The number of aryl methyl sites for hydroxylation is 1.